The molecule has 1 rings (SSSR count). The first-order valence-electron chi connectivity index (χ1n) is 3.85. The molecule has 1 aromatic carbocycles. The van der Waals surface area contributed by atoms with E-state index in [-0.39, 0.29) is 0 Å². The van der Waals surface area contributed by atoms with Gasteiger partial charge in [0.05, 0.1) is 0 Å². The van der Waals surface area contributed by atoms with E-state index in [1.807, 2.05) is 0 Å². The summed E-state index contributed by atoms with van der Waals surface area (Å²) in [5.74, 6) is 0. The molecule has 1 aromatic rings. The number of rotatable bonds is 2. The SMILES string of the molecule is [CH2]CNc1c(C)cccc1C. The lowest BCUT2D eigenvalue weighted by molar-refractivity contribution is 1.27. The molecular formula is C10H14N. The molecule has 1 radical (unpaired) electrons. The molecule has 59 valence electrons. The van der Waals surface area contributed by atoms with Crippen LogP contribution < -0.4 is 5.32 Å². The van der Waals surface area contributed by atoms with E-state index < -0.39 is 0 Å². The predicted molar refractivity (Wildman–Crippen MR) is 49.8 cm³/mol. The van der Waals surface area contributed by atoms with Crippen LogP contribution in [0.25, 0.3) is 0 Å². The van der Waals surface area contributed by atoms with Crippen LogP contribution >= 0.6 is 0 Å². The second-order valence-electron chi connectivity index (χ2n) is 2.69. The van der Waals surface area contributed by atoms with Gasteiger partial charge >= 0.3 is 0 Å². The molecule has 0 unspecified atom stereocenters. The number of hydrogen-bond acceptors (Lipinski definition) is 1. The molecule has 0 aliphatic heterocycles. The number of nitrogens with one attached hydrogen (secondary N) is 1. The first kappa shape index (κ1) is 8.12. The maximum absolute atomic E-state index is 3.75. The van der Waals surface area contributed by atoms with E-state index >= 15 is 0 Å². The van der Waals surface area contributed by atoms with Gasteiger partial charge in [-0.05, 0) is 31.9 Å². The van der Waals surface area contributed by atoms with Gasteiger partial charge in [-0.3, -0.25) is 0 Å². The van der Waals surface area contributed by atoms with Crippen LogP contribution in [-0.4, -0.2) is 6.54 Å². The van der Waals surface area contributed by atoms with E-state index in [1.54, 1.807) is 0 Å². The second-order valence-corrected chi connectivity index (χ2v) is 2.69. The minimum absolute atomic E-state index is 0.742. The van der Waals surface area contributed by atoms with Crippen LogP contribution in [0.1, 0.15) is 11.1 Å². The van der Waals surface area contributed by atoms with Gasteiger partial charge in [0.25, 0.3) is 0 Å². The molecule has 0 saturated heterocycles. The second kappa shape index (κ2) is 3.42. The van der Waals surface area contributed by atoms with Crippen LogP contribution in [0, 0.1) is 20.8 Å². The van der Waals surface area contributed by atoms with Crippen LogP contribution in [0.3, 0.4) is 0 Å². The Labute approximate surface area is 68.4 Å². The Balaban J connectivity index is 3.00. The summed E-state index contributed by atoms with van der Waals surface area (Å²) in [7, 11) is 0. The van der Waals surface area contributed by atoms with Crippen molar-refractivity contribution in [1.29, 1.82) is 0 Å². The topological polar surface area (TPSA) is 12.0 Å². The third-order valence-corrected chi connectivity index (χ3v) is 1.78. The number of benzene rings is 1. The van der Waals surface area contributed by atoms with Gasteiger partial charge in [-0.1, -0.05) is 18.2 Å². The highest BCUT2D eigenvalue weighted by Gasteiger charge is 1.97. The quantitative estimate of drug-likeness (QED) is 0.679. The zero-order chi connectivity index (χ0) is 8.27. The highest BCUT2D eigenvalue weighted by molar-refractivity contribution is 5.56. The van der Waals surface area contributed by atoms with Crippen molar-refractivity contribution in [3.63, 3.8) is 0 Å². The monoisotopic (exact) mass is 148 g/mol. The van der Waals surface area contributed by atoms with Crippen LogP contribution in [-0.2, 0) is 0 Å². The van der Waals surface area contributed by atoms with Gasteiger partial charge < -0.3 is 5.32 Å². The number of para-hydroxylation sites is 1. The maximum Gasteiger partial charge on any atom is 0.0399 e. The molecule has 0 aromatic heterocycles. The Hall–Kier alpha value is -0.980. The molecule has 0 aliphatic rings. The van der Waals surface area contributed by atoms with E-state index in [0.29, 0.717) is 0 Å². The molecule has 1 nitrogen and oxygen atoms in total. The number of anilines is 1. The molecule has 0 heterocycles. The molecule has 1 N–H and O–H groups in total. The van der Waals surface area contributed by atoms with E-state index in [0.717, 1.165) is 6.54 Å². The van der Waals surface area contributed by atoms with Crippen molar-refractivity contribution >= 4 is 5.69 Å². The summed E-state index contributed by atoms with van der Waals surface area (Å²) < 4.78 is 0. The number of aryl methyl sites for hydroxylation is 2. The van der Waals surface area contributed by atoms with Gasteiger partial charge in [-0.15, -0.1) is 0 Å². The van der Waals surface area contributed by atoms with E-state index in [9.17, 15) is 0 Å². The van der Waals surface area contributed by atoms with Gasteiger partial charge in [0.2, 0.25) is 0 Å². The first-order chi connectivity index (χ1) is 5.25. The van der Waals surface area contributed by atoms with E-state index in [4.69, 9.17) is 0 Å². The Morgan fingerprint density at radius 1 is 1.27 bits per heavy atom. The summed E-state index contributed by atoms with van der Waals surface area (Å²) in [6, 6.07) is 6.27. The minimum Gasteiger partial charge on any atom is -0.385 e. The van der Waals surface area contributed by atoms with Crippen LogP contribution in [0.15, 0.2) is 18.2 Å². The molecule has 0 spiro atoms. The van der Waals surface area contributed by atoms with Crippen molar-refractivity contribution in [1.82, 2.24) is 0 Å². The Morgan fingerprint density at radius 2 is 1.82 bits per heavy atom. The zero-order valence-electron chi connectivity index (χ0n) is 7.15. The van der Waals surface area contributed by atoms with Gasteiger partial charge in [-0.2, -0.15) is 0 Å². The van der Waals surface area contributed by atoms with Crippen molar-refractivity contribution in [3.8, 4) is 0 Å². The molecule has 0 bridgehead atoms. The van der Waals surface area contributed by atoms with Crippen LogP contribution in [0.5, 0.6) is 0 Å². The summed E-state index contributed by atoms with van der Waals surface area (Å²) in [6.45, 7) is 8.70. The van der Waals surface area contributed by atoms with Crippen molar-refractivity contribution in [3.05, 3.63) is 36.2 Å². The lowest BCUT2D eigenvalue weighted by atomic mass is 10.1. The predicted octanol–water partition coefficient (Wildman–Crippen LogP) is 2.55. The summed E-state index contributed by atoms with van der Waals surface area (Å²) >= 11 is 0. The highest BCUT2D eigenvalue weighted by atomic mass is 14.9. The third kappa shape index (κ3) is 1.73. The molecule has 0 atom stereocenters. The van der Waals surface area contributed by atoms with Crippen molar-refractivity contribution < 1.29 is 0 Å². The Kier molecular flexibility index (Phi) is 2.53. The van der Waals surface area contributed by atoms with Gasteiger partial charge in [-0.25, -0.2) is 0 Å². The molecule has 0 fully saturated rings. The molecule has 0 saturated carbocycles. The lowest BCUT2D eigenvalue weighted by Gasteiger charge is -2.09. The highest BCUT2D eigenvalue weighted by Crippen LogP contribution is 2.18. The molecule has 11 heavy (non-hydrogen) atoms. The smallest absolute Gasteiger partial charge is 0.0399 e. The summed E-state index contributed by atoms with van der Waals surface area (Å²) in [6.07, 6.45) is 0. The number of hydrogen-bond donors (Lipinski definition) is 1. The lowest BCUT2D eigenvalue weighted by Crippen LogP contribution is -2.00. The largest absolute Gasteiger partial charge is 0.385 e. The molecule has 0 amide bonds. The fourth-order valence-corrected chi connectivity index (χ4v) is 1.22. The van der Waals surface area contributed by atoms with E-state index in [2.05, 4.69) is 44.3 Å². The van der Waals surface area contributed by atoms with Gasteiger partial charge in [0.15, 0.2) is 0 Å². The van der Waals surface area contributed by atoms with Crippen LogP contribution in [0.4, 0.5) is 5.69 Å². The Bertz CT molecular complexity index is 220. The van der Waals surface area contributed by atoms with Gasteiger partial charge in [0, 0.05) is 12.2 Å². The Morgan fingerprint density at radius 3 is 2.27 bits per heavy atom. The van der Waals surface area contributed by atoms with Crippen LogP contribution in [0.2, 0.25) is 0 Å². The maximum atomic E-state index is 3.75. The molecule has 0 aliphatic carbocycles. The van der Waals surface area contributed by atoms with E-state index in [1.165, 1.54) is 16.8 Å². The standard InChI is InChI=1S/C10H14N/c1-4-11-10-8(2)6-5-7-9(10)3/h5-7,11H,1,4H2,2-3H3. The summed E-state index contributed by atoms with van der Waals surface area (Å²) in [5.41, 5.74) is 3.80. The zero-order valence-corrected chi connectivity index (χ0v) is 7.15. The summed E-state index contributed by atoms with van der Waals surface area (Å²) in [4.78, 5) is 0. The fraction of sp³-hybridized carbons (Fsp3) is 0.300. The fourth-order valence-electron chi connectivity index (χ4n) is 1.22. The van der Waals surface area contributed by atoms with Crippen molar-refractivity contribution in [2.45, 2.75) is 13.8 Å². The first-order valence-corrected chi connectivity index (χ1v) is 3.85. The van der Waals surface area contributed by atoms with Gasteiger partial charge in [0.1, 0.15) is 0 Å². The average molecular weight is 148 g/mol. The normalized spacial score (nSPS) is 9.73. The minimum atomic E-state index is 0.742. The summed E-state index contributed by atoms with van der Waals surface area (Å²) in [5, 5.41) is 3.23. The van der Waals surface area contributed by atoms with Crippen molar-refractivity contribution in [2.24, 2.45) is 0 Å². The van der Waals surface area contributed by atoms with Crippen molar-refractivity contribution in [2.75, 3.05) is 11.9 Å². The molecule has 1 heteroatoms. The third-order valence-electron chi connectivity index (χ3n) is 1.78. The molecular weight excluding hydrogens is 134 g/mol. The average Bonchev–Trinajstić information content (AvgIpc) is 1.97.